The highest BCUT2D eigenvalue weighted by molar-refractivity contribution is 9.10. The summed E-state index contributed by atoms with van der Waals surface area (Å²) in [4.78, 5) is 0. The average Bonchev–Trinajstić information content (AvgIpc) is 2.18. The van der Waals surface area contributed by atoms with Gasteiger partial charge in [-0.25, -0.2) is 4.39 Å². The summed E-state index contributed by atoms with van der Waals surface area (Å²) in [5, 5.41) is 0. The highest BCUT2D eigenvalue weighted by Gasteiger charge is 2.09. The molecular formula is C13H18BrFO2. The minimum absolute atomic E-state index is 0.139. The van der Waals surface area contributed by atoms with E-state index in [4.69, 9.17) is 9.47 Å². The summed E-state index contributed by atoms with van der Waals surface area (Å²) in [5.74, 6) is -0.253. The fraction of sp³-hybridized carbons (Fsp3) is 0.538. The van der Waals surface area contributed by atoms with Crippen molar-refractivity contribution in [1.82, 2.24) is 0 Å². The SMILES string of the molecule is CC(C)(C)OCCOCc1ccc(F)cc1Br. The molecule has 0 fully saturated rings. The summed E-state index contributed by atoms with van der Waals surface area (Å²) in [6.07, 6.45) is 0. The molecule has 1 aromatic carbocycles. The van der Waals surface area contributed by atoms with Crippen molar-refractivity contribution in [2.75, 3.05) is 13.2 Å². The first-order valence-electron chi connectivity index (χ1n) is 5.54. The van der Waals surface area contributed by atoms with Crippen LogP contribution in [-0.4, -0.2) is 18.8 Å². The topological polar surface area (TPSA) is 18.5 Å². The van der Waals surface area contributed by atoms with Gasteiger partial charge in [0.15, 0.2) is 0 Å². The Morgan fingerprint density at radius 3 is 2.53 bits per heavy atom. The van der Waals surface area contributed by atoms with E-state index in [-0.39, 0.29) is 11.4 Å². The molecule has 4 heteroatoms. The van der Waals surface area contributed by atoms with Crippen molar-refractivity contribution < 1.29 is 13.9 Å². The molecule has 0 heterocycles. The molecule has 0 bridgehead atoms. The van der Waals surface area contributed by atoms with Crippen molar-refractivity contribution >= 4 is 15.9 Å². The van der Waals surface area contributed by atoms with E-state index >= 15 is 0 Å². The van der Waals surface area contributed by atoms with Crippen molar-refractivity contribution in [3.8, 4) is 0 Å². The number of ether oxygens (including phenoxy) is 2. The molecule has 0 saturated carbocycles. The molecule has 0 unspecified atom stereocenters. The van der Waals surface area contributed by atoms with Crippen LogP contribution in [0.4, 0.5) is 4.39 Å². The lowest BCUT2D eigenvalue weighted by Crippen LogP contribution is -2.21. The maximum Gasteiger partial charge on any atom is 0.124 e. The van der Waals surface area contributed by atoms with Crippen LogP contribution >= 0.6 is 15.9 Å². The number of halogens is 2. The van der Waals surface area contributed by atoms with Crippen LogP contribution < -0.4 is 0 Å². The summed E-state index contributed by atoms with van der Waals surface area (Å²) in [6.45, 7) is 7.55. The number of rotatable bonds is 5. The second kappa shape index (κ2) is 6.47. The Balaban J connectivity index is 2.27. The van der Waals surface area contributed by atoms with E-state index in [0.717, 1.165) is 10.0 Å². The smallest absolute Gasteiger partial charge is 0.124 e. The van der Waals surface area contributed by atoms with Gasteiger partial charge in [-0.2, -0.15) is 0 Å². The molecule has 0 aliphatic heterocycles. The van der Waals surface area contributed by atoms with Crippen LogP contribution in [-0.2, 0) is 16.1 Å². The van der Waals surface area contributed by atoms with E-state index < -0.39 is 0 Å². The maximum absolute atomic E-state index is 12.8. The highest BCUT2D eigenvalue weighted by atomic mass is 79.9. The first-order chi connectivity index (χ1) is 7.88. The van der Waals surface area contributed by atoms with Crippen LogP contribution in [0.3, 0.4) is 0 Å². The quantitative estimate of drug-likeness (QED) is 0.768. The molecule has 0 saturated heterocycles. The molecule has 0 spiro atoms. The van der Waals surface area contributed by atoms with Gasteiger partial charge in [0, 0.05) is 4.47 Å². The van der Waals surface area contributed by atoms with Crippen molar-refractivity contribution in [2.24, 2.45) is 0 Å². The van der Waals surface area contributed by atoms with Crippen molar-refractivity contribution in [2.45, 2.75) is 33.0 Å². The fourth-order valence-corrected chi connectivity index (χ4v) is 1.69. The zero-order valence-corrected chi connectivity index (χ0v) is 12.0. The molecule has 0 radical (unpaired) electrons. The Hall–Kier alpha value is -0.450. The third-order valence-corrected chi connectivity index (χ3v) is 2.77. The summed E-state index contributed by atoms with van der Waals surface area (Å²) in [6, 6.07) is 4.57. The fourth-order valence-electron chi connectivity index (χ4n) is 1.23. The van der Waals surface area contributed by atoms with Crippen LogP contribution in [0.5, 0.6) is 0 Å². The standard InChI is InChI=1S/C13H18BrFO2/c1-13(2,3)17-7-6-16-9-10-4-5-11(15)8-12(10)14/h4-5,8H,6-7,9H2,1-3H3. The van der Waals surface area contributed by atoms with E-state index in [1.165, 1.54) is 12.1 Å². The first kappa shape index (κ1) is 14.6. The number of hydrogen-bond acceptors (Lipinski definition) is 2. The van der Waals surface area contributed by atoms with Gasteiger partial charge >= 0.3 is 0 Å². The Bertz CT molecular complexity index is 361. The van der Waals surface area contributed by atoms with Crippen LogP contribution in [0.1, 0.15) is 26.3 Å². The van der Waals surface area contributed by atoms with E-state index in [0.29, 0.717) is 19.8 Å². The molecule has 0 amide bonds. The molecule has 0 atom stereocenters. The molecule has 0 N–H and O–H groups in total. The Labute approximate surface area is 110 Å². The van der Waals surface area contributed by atoms with Crippen molar-refractivity contribution in [3.63, 3.8) is 0 Å². The average molecular weight is 305 g/mol. The molecule has 2 nitrogen and oxygen atoms in total. The van der Waals surface area contributed by atoms with Gasteiger partial charge in [-0.05, 0) is 38.5 Å². The summed E-state index contributed by atoms with van der Waals surface area (Å²) >= 11 is 3.30. The van der Waals surface area contributed by atoms with Crippen LogP contribution in [0.2, 0.25) is 0 Å². The predicted octanol–water partition coefficient (Wildman–Crippen LogP) is 3.92. The molecular weight excluding hydrogens is 287 g/mol. The second-order valence-corrected chi connectivity index (χ2v) is 5.60. The Morgan fingerprint density at radius 1 is 1.24 bits per heavy atom. The third kappa shape index (κ3) is 6.15. The molecule has 1 rings (SSSR count). The van der Waals surface area contributed by atoms with Crippen LogP contribution in [0.15, 0.2) is 22.7 Å². The lowest BCUT2D eigenvalue weighted by molar-refractivity contribution is -0.0377. The molecule has 1 aromatic rings. The lowest BCUT2D eigenvalue weighted by Gasteiger charge is -2.19. The molecule has 96 valence electrons. The molecule has 17 heavy (non-hydrogen) atoms. The first-order valence-corrected chi connectivity index (χ1v) is 6.33. The van der Waals surface area contributed by atoms with Gasteiger partial charge in [-0.15, -0.1) is 0 Å². The van der Waals surface area contributed by atoms with E-state index in [1.807, 2.05) is 20.8 Å². The number of benzene rings is 1. The third-order valence-electron chi connectivity index (χ3n) is 2.04. The van der Waals surface area contributed by atoms with Gasteiger partial charge in [0.2, 0.25) is 0 Å². The monoisotopic (exact) mass is 304 g/mol. The van der Waals surface area contributed by atoms with Gasteiger partial charge in [-0.1, -0.05) is 22.0 Å². The molecule has 0 aliphatic rings. The summed E-state index contributed by atoms with van der Waals surface area (Å²) in [5.41, 5.74) is 0.793. The van der Waals surface area contributed by atoms with Crippen LogP contribution in [0.25, 0.3) is 0 Å². The van der Waals surface area contributed by atoms with Crippen molar-refractivity contribution in [3.05, 3.63) is 34.1 Å². The van der Waals surface area contributed by atoms with E-state index in [9.17, 15) is 4.39 Å². The Morgan fingerprint density at radius 2 is 1.94 bits per heavy atom. The minimum atomic E-state index is -0.253. The number of hydrogen-bond donors (Lipinski definition) is 0. The largest absolute Gasteiger partial charge is 0.374 e. The summed E-state index contributed by atoms with van der Waals surface area (Å²) < 4.78 is 24.5. The van der Waals surface area contributed by atoms with Gasteiger partial charge in [-0.3, -0.25) is 0 Å². The minimum Gasteiger partial charge on any atom is -0.374 e. The molecule has 0 aliphatic carbocycles. The normalized spacial score (nSPS) is 11.8. The van der Waals surface area contributed by atoms with Crippen molar-refractivity contribution in [1.29, 1.82) is 0 Å². The maximum atomic E-state index is 12.8. The Kier molecular flexibility index (Phi) is 5.56. The van der Waals surface area contributed by atoms with Gasteiger partial charge in [0.25, 0.3) is 0 Å². The van der Waals surface area contributed by atoms with E-state index in [2.05, 4.69) is 15.9 Å². The van der Waals surface area contributed by atoms with Gasteiger partial charge < -0.3 is 9.47 Å². The summed E-state index contributed by atoms with van der Waals surface area (Å²) in [7, 11) is 0. The zero-order chi connectivity index (χ0) is 12.9. The molecule has 0 aromatic heterocycles. The van der Waals surface area contributed by atoms with E-state index in [1.54, 1.807) is 6.07 Å². The second-order valence-electron chi connectivity index (χ2n) is 4.75. The van der Waals surface area contributed by atoms with Gasteiger partial charge in [0.05, 0.1) is 25.4 Å². The lowest BCUT2D eigenvalue weighted by atomic mass is 10.2. The highest BCUT2D eigenvalue weighted by Crippen LogP contribution is 2.18. The van der Waals surface area contributed by atoms with Gasteiger partial charge in [0.1, 0.15) is 5.82 Å². The predicted molar refractivity (Wildman–Crippen MR) is 69.5 cm³/mol. The zero-order valence-electron chi connectivity index (χ0n) is 10.4. The van der Waals surface area contributed by atoms with Crippen LogP contribution in [0, 0.1) is 5.82 Å².